The molecule has 3 rings (SSSR count). The minimum atomic E-state index is -0.243. The van der Waals surface area contributed by atoms with Gasteiger partial charge in [0.2, 0.25) is 0 Å². The summed E-state index contributed by atoms with van der Waals surface area (Å²) >= 11 is 5.99. The predicted octanol–water partition coefficient (Wildman–Crippen LogP) is 4.13. The van der Waals surface area contributed by atoms with E-state index in [2.05, 4.69) is 20.6 Å². The van der Waals surface area contributed by atoms with Crippen molar-refractivity contribution in [3.8, 4) is 5.75 Å². The highest BCUT2D eigenvalue weighted by atomic mass is 35.5. The van der Waals surface area contributed by atoms with Crippen LogP contribution in [0.25, 0.3) is 0 Å². The van der Waals surface area contributed by atoms with Crippen molar-refractivity contribution < 1.29 is 9.53 Å². The molecule has 7 heteroatoms. The maximum absolute atomic E-state index is 12.5. The van der Waals surface area contributed by atoms with Gasteiger partial charge in [-0.25, -0.2) is 4.98 Å². The van der Waals surface area contributed by atoms with Gasteiger partial charge < -0.3 is 15.4 Å². The van der Waals surface area contributed by atoms with E-state index in [0.717, 1.165) is 5.69 Å². The number of hydrogen-bond acceptors (Lipinski definition) is 5. The quantitative estimate of drug-likeness (QED) is 0.720. The summed E-state index contributed by atoms with van der Waals surface area (Å²) in [6.45, 7) is 0. The molecule has 0 bridgehead atoms. The molecule has 0 fully saturated rings. The molecular formula is C18H15ClN4O2. The summed E-state index contributed by atoms with van der Waals surface area (Å²) in [5.74, 6) is 0.854. The van der Waals surface area contributed by atoms with Gasteiger partial charge in [-0.2, -0.15) is 0 Å². The van der Waals surface area contributed by atoms with Crippen LogP contribution in [0.4, 0.5) is 17.2 Å². The molecule has 2 aromatic carbocycles. The second-order valence-electron chi connectivity index (χ2n) is 5.10. The molecule has 0 aliphatic heterocycles. The lowest BCUT2D eigenvalue weighted by atomic mass is 10.2. The molecule has 1 aromatic heterocycles. The SMILES string of the molecule is COc1cc(NC(=O)c2cccc(Nc3cnccn3)c2)ccc1Cl. The molecule has 1 heterocycles. The standard InChI is InChI=1S/C18H15ClN4O2/c1-25-16-10-14(5-6-15(16)19)23-18(24)12-3-2-4-13(9-12)22-17-11-20-7-8-21-17/h2-11H,1H3,(H,21,22)(H,23,24). The first-order valence-electron chi connectivity index (χ1n) is 7.44. The van der Waals surface area contributed by atoms with Gasteiger partial charge in [0.1, 0.15) is 11.6 Å². The van der Waals surface area contributed by atoms with E-state index in [1.54, 1.807) is 55.0 Å². The van der Waals surface area contributed by atoms with Crippen molar-refractivity contribution in [2.24, 2.45) is 0 Å². The monoisotopic (exact) mass is 354 g/mol. The lowest BCUT2D eigenvalue weighted by Gasteiger charge is -2.10. The first-order chi connectivity index (χ1) is 12.2. The van der Waals surface area contributed by atoms with Gasteiger partial charge in [0.05, 0.1) is 18.3 Å². The van der Waals surface area contributed by atoms with Crippen LogP contribution in [0, 0.1) is 0 Å². The van der Waals surface area contributed by atoms with E-state index in [0.29, 0.717) is 27.8 Å². The number of methoxy groups -OCH3 is 1. The fraction of sp³-hybridized carbons (Fsp3) is 0.0556. The Morgan fingerprint density at radius 1 is 1.12 bits per heavy atom. The van der Waals surface area contributed by atoms with Crippen LogP contribution in [0.2, 0.25) is 5.02 Å². The summed E-state index contributed by atoms with van der Waals surface area (Å²) in [5.41, 5.74) is 1.84. The Kier molecular flexibility index (Phi) is 5.11. The molecule has 3 aromatic rings. The summed E-state index contributed by atoms with van der Waals surface area (Å²) in [4.78, 5) is 20.6. The fourth-order valence-electron chi connectivity index (χ4n) is 2.19. The number of rotatable bonds is 5. The Morgan fingerprint density at radius 2 is 2.00 bits per heavy atom. The third kappa shape index (κ3) is 4.24. The van der Waals surface area contributed by atoms with Crippen molar-refractivity contribution in [2.45, 2.75) is 0 Å². The molecule has 25 heavy (non-hydrogen) atoms. The highest BCUT2D eigenvalue weighted by Crippen LogP contribution is 2.27. The molecule has 2 N–H and O–H groups in total. The highest BCUT2D eigenvalue weighted by Gasteiger charge is 2.09. The molecule has 0 atom stereocenters. The largest absolute Gasteiger partial charge is 0.495 e. The minimum Gasteiger partial charge on any atom is -0.495 e. The third-order valence-corrected chi connectivity index (χ3v) is 3.68. The zero-order chi connectivity index (χ0) is 17.6. The highest BCUT2D eigenvalue weighted by molar-refractivity contribution is 6.32. The molecule has 0 spiro atoms. The van der Waals surface area contributed by atoms with E-state index in [1.165, 1.54) is 7.11 Å². The van der Waals surface area contributed by atoms with Gasteiger partial charge in [0.25, 0.3) is 5.91 Å². The summed E-state index contributed by atoms with van der Waals surface area (Å²) in [5, 5.41) is 6.40. The number of halogens is 1. The predicted molar refractivity (Wildman–Crippen MR) is 97.7 cm³/mol. The van der Waals surface area contributed by atoms with Crippen LogP contribution < -0.4 is 15.4 Å². The van der Waals surface area contributed by atoms with Gasteiger partial charge >= 0.3 is 0 Å². The van der Waals surface area contributed by atoms with Gasteiger partial charge in [0, 0.05) is 35.4 Å². The van der Waals surface area contributed by atoms with E-state index in [-0.39, 0.29) is 5.91 Å². The molecule has 126 valence electrons. The van der Waals surface area contributed by atoms with Gasteiger partial charge in [-0.15, -0.1) is 0 Å². The maximum Gasteiger partial charge on any atom is 0.255 e. The van der Waals surface area contributed by atoms with Crippen molar-refractivity contribution in [1.82, 2.24) is 9.97 Å². The Balaban J connectivity index is 1.75. The van der Waals surface area contributed by atoms with Gasteiger partial charge in [-0.05, 0) is 30.3 Å². The summed E-state index contributed by atoms with van der Waals surface area (Å²) < 4.78 is 5.15. The normalized spacial score (nSPS) is 10.2. The van der Waals surface area contributed by atoms with Crippen molar-refractivity contribution in [3.63, 3.8) is 0 Å². The van der Waals surface area contributed by atoms with E-state index in [1.807, 2.05) is 6.07 Å². The van der Waals surface area contributed by atoms with Gasteiger partial charge in [-0.3, -0.25) is 9.78 Å². The molecule has 6 nitrogen and oxygen atoms in total. The second-order valence-corrected chi connectivity index (χ2v) is 5.51. The van der Waals surface area contributed by atoms with Gasteiger partial charge in [-0.1, -0.05) is 17.7 Å². The van der Waals surface area contributed by atoms with Crippen molar-refractivity contribution in [2.75, 3.05) is 17.7 Å². The van der Waals surface area contributed by atoms with Crippen LogP contribution in [0.5, 0.6) is 5.75 Å². The number of nitrogens with one attached hydrogen (secondary N) is 2. The van der Waals surface area contributed by atoms with Gasteiger partial charge in [0.15, 0.2) is 0 Å². The van der Waals surface area contributed by atoms with E-state index < -0.39 is 0 Å². The molecule has 0 aliphatic rings. The van der Waals surface area contributed by atoms with Crippen LogP contribution in [-0.2, 0) is 0 Å². The molecule has 0 radical (unpaired) electrons. The topological polar surface area (TPSA) is 76.1 Å². The average molecular weight is 355 g/mol. The summed E-state index contributed by atoms with van der Waals surface area (Å²) in [6.07, 6.45) is 4.79. The van der Waals surface area contributed by atoms with Crippen molar-refractivity contribution in [1.29, 1.82) is 0 Å². The fourth-order valence-corrected chi connectivity index (χ4v) is 2.39. The lowest BCUT2D eigenvalue weighted by molar-refractivity contribution is 0.102. The van der Waals surface area contributed by atoms with Crippen LogP contribution in [0.1, 0.15) is 10.4 Å². The van der Waals surface area contributed by atoms with E-state index in [4.69, 9.17) is 16.3 Å². The minimum absolute atomic E-state index is 0.243. The Labute approximate surface area is 149 Å². The number of aromatic nitrogens is 2. The molecule has 0 unspecified atom stereocenters. The first kappa shape index (κ1) is 16.7. The third-order valence-electron chi connectivity index (χ3n) is 3.37. The zero-order valence-corrected chi connectivity index (χ0v) is 14.1. The van der Waals surface area contributed by atoms with Crippen LogP contribution in [-0.4, -0.2) is 23.0 Å². The first-order valence-corrected chi connectivity index (χ1v) is 7.81. The molecule has 0 saturated carbocycles. The Bertz CT molecular complexity index is 887. The smallest absolute Gasteiger partial charge is 0.255 e. The van der Waals surface area contributed by atoms with Crippen molar-refractivity contribution >= 4 is 34.7 Å². The number of hydrogen-bond donors (Lipinski definition) is 2. The van der Waals surface area contributed by atoms with E-state index in [9.17, 15) is 4.79 Å². The number of carbonyl (C=O) groups excluding carboxylic acids is 1. The van der Waals surface area contributed by atoms with E-state index >= 15 is 0 Å². The lowest BCUT2D eigenvalue weighted by Crippen LogP contribution is -2.12. The number of ether oxygens (including phenoxy) is 1. The maximum atomic E-state index is 12.5. The Morgan fingerprint density at radius 3 is 2.76 bits per heavy atom. The number of amides is 1. The molecule has 0 aliphatic carbocycles. The van der Waals surface area contributed by atoms with Crippen molar-refractivity contribution in [3.05, 3.63) is 71.6 Å². The number of anilines is 3. The summed E-state index contributed by atoms with van der Waals surface area (Å²) in [7, 11) is 1.52. The van der Waals surface area contributed by atoms with Crippen LogP contribution in [0.3, 0.4) is 0 Å². The molecule has 1 amide bonds. The molecule has 0 saturated heterocycles. The molecular weight excluding hydrogens is 340 g/mol. The summed E-state index contributed by atoms with van der Waals surface area (Å²) in [6, 6.07) is 12.1. The average Bonchev–Trinajstić information content (AvgIpc) is 2.64. The van der Waals surface area contributed by atoms with Crippen LogP contribution >= 0.6 is 11.6 Å². The number of nitrogens with zero attached hydrogens (tertiary/aromatic N) is 2. The number of carbonyl (C=O) groups is 1. The second kappa shape index (κ2) is 7.63. The zero-order valence-electron chi connectivity index (χ0n) is 13.4. The number of benzene rings is 2. The van der Waals surface area contributed by atoms with Crippen LogP contribution in [0.15, 0.2) is 61.1 Å². The Hall–Kier alpha value is -3.12.